The SMILES string of the molecule is Cc1cc(C(=O)N2CCCC(n3ccnc3)C2)n[nH]1. The van der Waals surface area contributed by atoms with Crippen molar-refractivity contribution in [1.82, 2.24) is 24.6 Å². The van der Waals surface area contributed by atoms with E-state index in [0.717, 1.165) is 31.6 Å². The standard InChI is InChI=1S/C13H17N5O/c1-10-7-12(16-15-10)13(19)17-5-2-3-11(8-17)18-6-4-14-9-18/h4,6-7,9,11H,2-3,5,8H2,1H3,(H,15,16). The van der Waals surface area contributed by atoms with Gasteiger partial charge in [-0.25, -0.2) is 4.98 Å². The molecule has 0 saturated carbocycles. The van der Waals surface area contributed by atoms with Crippen LogP contribution < -0.4 is 0 Å². The van der Waals surface area contributed by atoms with E-state index >= 15 is 0 Å². The molecule has 3 rings (SSSR count). The second-order valence-corrected chi connectivity index (χ2v) is 4.99. The molecule has 0 aliphatic carbocycles. The second kappa shape index (κ2) is 4.87. The minimum absolute atomic E-state index is 0.00849. The van der Waals surface area contributed by atoms with Crippen LogP contribution in [0.25, 0.3) is 0 Å². The molecule has 1 atom stereocenters. The molecule has 100 valence electrons. The summed E-state index contributed by atoms with van der Waals surface area (Å²) in [5.74, 6) is 0.00849. The minimum Gasteiger partial charge on any atom is -0.335 e. The molecule has 6 heteroatoms. The third-order valence-corrected chi connectivity index (χ3v) is 3.56. The molecule has 0 radical (unpaired) electrons. The third kappa shape index (κ3) is 2.38. The summed E-state index contributed by atoms with van der Waals surface area (Å²) in [5, 5.41) is 6.86. The Hall–Kier alpha value is -2.11. The van der Waals surface area contributed by atoms with Gasteiger partial charge in [0, 0.05) is 31.2 Å². The highest BCUT2D eigenvalue weighted by Gasteiger charge is 2.26. The topological polar surface area (TPSA) is 66.8 Å². The van der Waals surface area contributed by atoms with Crippen molar-refractivity contribution in [2.75, 3.05) is 13.1 Å². The van der Waals surface area contributed by atoms with Crippen LogP contribution >= 0.6 is 0 Å². The Morgan fingerprint density at radius 2 is 2.42 bits per heavy atom. The molecule has 0 spiro atoms. The first-order valence-electron chi connectivity index (χ1n) is 6.53. The summed E-state index contributed by atoms with van der Waals surface area (Å²) in [7, 11) is 0. The minimum atomic E-state index is 0.00849. The van der Waals surface area contributed by atoms with Crippen molar-refractivity contribution in [1.29, 1.82) is 0 Å². The highest BCUT2D eigenvalue weighted by Crippen LogP contribution is 2.22. The number of hydrogen-bond donors (Lipinski definition) is 1. The molecule has 1 aliphatic rings. The molecule has 0 aromatic carbocycles. The number of imidazole rings is 1. The van der Waals surface area contributed by atoms with Gasteiger partial charge in [-0.1, -0.05) is 0 Å². The van der Waals surface area contributed by atoms with E-state index in [2.05, 4.69) is 19.7 Å². The maximum atomic E-state index is 12.3. The van der Waals surface area contributed by atoms with E-state index in [1.165, 1.54) is 0 Å². The predicted octanol–water partition coefficient (Wildman–Crippen LogP) is 1.39. The average molecular weight is 259 g/mol. The van der Waals surface area contributed by atoms with Gasteiger partial charge in [-0.3, -0.25) is 9.89 Å². The molecule has 1 fully saturated rings. The number of hydrogen-bond acceptors (Lipinski definition) is 3. The van der Waals surface area contributed by atoms with Crippen LogP contribution in [0.5, 0.6) is 0 Å². The van der Waals surface area contributed by atoms with Crippen LogP contribution in [-0.2, 0) is 0 Å². The first kappa shape index (κ1) is 12.0. The van der Waals surface area contributed by atoms with Gasteiger partial charge in [-0.15, -0.1) is 0 Å². The van der Waals surface area contributed by atoms with E-state index in [4.69, 9.17) is 0 Å². The van der Waals surface area contributed by atoms with Crippen LogP contribution in [-0.4, -0.2) is 43.6 Å². The Morgan fingerprint density at radius 3 is 3.11 bits per heavy atom. The summed E-state index contributed by atoms with van der Waals surface area (Å²) in [5.41, 5.74) is 1.41. The molecule has 2 aromatic heterocycles. The van der Waals surface area contributed by atoms with Crippen molar-refractivity contribution < 1.29 is 4.79 Å². The maximum absolute atomic E-state index is 12.3. The molecule has 2 aromatic rings. The van der Waals surface area contributed by atoms with Crippen LogP contribution in [0.1, 0.15) is 35.1 Å². The molecule has 1 aliphatic heterocycles. The van der Waals surface area contributed by atoms with Gasteiger partial charge in [0.1, 0.15) is 5.69 Å². The van der Waals surface area contributed by atoms with Crippen molar-refractivity contribution >= 4 is 5.91 Å². The molecule has 1 unspecified atom stereocenters. The smallest absolute Gasteiger partial charge is 0.274 e. The average Bonchev–Trinajstić information content (AvgIpc) is 3.09. The molecular weight excluding hydrogens is 242 g/mol. The number of carbonyl (C=O) groups excluding carboxylic acids is 1. The number of amides is 1. The van der Waals surface area contributed by atoms with Crippen LogP contribution in [0, 0.1) is 6.92 Å². The van der Waals surface area contributed by atoms with Gasteiger partial charge < -0.3 is 9.47 Å². The quantitative estimate of drug-likeness (QED) is 0.886. The second-order valence-electron chi connectivity index (χ2n) is 4.99. The van der Waals surface area contributed by atoms with Crippen molar-refractivity contribution in [2.24, 2.45) is 0 Å². The van der Waals surface area contributed by atoms with Gasteiger partial charge in [-0.2, -0.15) is 5.10 Å². The van der Waals surface area contributed by atoms with Crippen LogP contribution in [0.15, 0.2) is 24.8 Å². The number of H-pyrrole nitrogens is 1. The lowest BCUT2D eigenvalue weighted by atomic mass is 10.1. The zero-order valence-corrected chi connectivity index (χ0v) is 10.9. The van der Waals surface area contributed by atoms with Crippen LogP contribution in [0.3, 0.4) is 0 Å². The van der Waals surface area contributed by atoms with Gasteiger partial charge in [-0.05, 0) is 25.8 Å². The van der Waals surface area contributed by atoms with Crippen LogP contribution in [0.2, 0.25) is 0 Å². The van der Waals surface area contributed by atoms with Crippen molar-refractivity contribution in [3.05, 3.63) is 36.2 Å². The molecule has 3 heterocycles. The number of piperidine rings is 1. The zero-order valence-electron chi connectivity index (χ0n) is 10.9. The first-order valence-corrected chi connectivity index (χ1v) is 6.53. The van der Waals surface area contributed by atoms with Gasteiger partial charge >= 0.3 is 0 Å². The number of aromatic nitrogens is 4. The summed E-state index contributed by atoms with van der Waals surface area (Å²) < 4.78 is 2.08. The number of nitrogens with zero attached hydrogens (tertiary/aromatic N) is 4. The van der Waals surface area contributed by atoms with Crippen molar-refractivity contribution in [3.8, 4) is 0 Å². The van der Waals surface area contributed by atoms with Crippen LogP contribution in [0.4, 0.5) is 0 Å². The number of likely N-dealkylation sites (tertiary alicyclic amines) is 1. The summed E-state index contributed by atoms with van der Waals surface area (Å²) in [6.45, 7) is 3.42. The number of carbonyl (C=O) groups is 1. The molecule has 1 N–H and O–H groups in total. The Balaban J connectivity index is 1.73. The predicted molar refractivity (Wildman–Crippen MR) is 69.7 cm³/mol. The fourth-order valence-corrected chi connectivity index (χ4v) is 2.56. The fourth-order valence-electron chi connectivity index (χ4n) is 2.56. The Labute approximate surface area is 111 Å². The van der Waals surface area contributed by atoms with E-state index < -0.39 is 0 Å². The monoisotopic (exact) mass is 259 g/mol. The lowest BCUT2D eigenvalue weighted by Gasteiger charge is -2.32. The Morgan fingerprint density at radius 1 is 1.53 bits per heavy atom. The van der Waals surface area contributed by atoms with E-state index in [9.17, 15) is 4.79 Å². The summed E-state index contributed by atoms with van der Waals surface area (Å²) in [6.07, 6.45) is 7.64. The highest BCUT2D eigenvalue weighted by atomic mass is 16.2. The zero-order chi connectivity index (χ0) is 13.2. The molecular formula is C13H17N5O. The van der Waals surface area contributed by atoms with Gasteiger partial charge in [0.2, 0.25) is 0 Å². The molecule has 1 saturated heterocycles. The maximum Gasteiger partial charge on any atom is 0.274 e. The summed E-state index contributed by atoms with van der Waals surface area (Å²) in [4.78, 5) is 18.3. The highest BCUT2D eigenvalue weighted by molar-refractivity contribution is 5.92. The molecule has 6 nitrogen and oxygen atoms in total. The van der Waals surface area contributed by atoms with E-state index in [1.54, 1.807) is 12.3 Å². The van der Waals surface area contributed by atoms with Crippen molar-refractivity contribution in [2.45, 2.75) is 25.8 Å². The Bertz CT molecular complexity index is 559. The largest absolute Gasteiger partial charge is 0.335 e. The number of nitrogens with one attached hydrogen (secondary N) is 1. The van der Waals surface area contributed by atoms with Gasteiger partial charge in [0.15, 0.2) is 0 Å². The third-order valence-electron chi connectivity index (χ3n) is 3.56. The lowest BCUT2D eigenvalue weighted by molar-refractivity contribution is 0.0673. The number of aromatic amines is 1. The van der Waals surface area contributed by atoms with Gasteiger partial charge in [0.25, 0.3) is 5.91 Å². The summed E-state index contributed by atoms with van der Waals surface area (Å²) in [6, 6.07) is 2.11. The normalized spacial score (nSPS) is 19.6. The van der Waals surface area contributed by atoms with E-state index in [0.29, 0.717) is 11.7 Å². The molecule has 19 heavy (non-hydrogen) atoms. The number of aryl methyl sites for hydroxylation is 1. The van der Waals surface area contributed by atoms with Gasteiger partial charge in [0.05, 0.1) is 12.4 Å². The van der Waals surface area contributed by atoms with E-state index in [1.807, 2.05) is 24.3 Å². The molecule has 1 amide bonds. The van der Waals surface area contributed by atoms with E-state index in [-0.39, 0.29) is 5.91 Å². The summed E-state index contributed by atoms with van der Waals surface area (Å²) >= 11 is 0. The lowest BCUT2D eigenvalue weighted by Crippen LogP contribution is -2.40. The van der Waals surface area contributed by atoms with Crippen molar-refractivity contribution in [3.63, 3.8) is 0 Å². The Kier molecular flexibility index (Phi) is 3.06. The first-order chi connectivity index (χ1) is 9.24. The fraction of sp³-hybridized carbons (Fsp3) is 0.462. The number of rotatable bonds is 2. The molecule has 0 bridgehead atoms.